The monoisotopic (exact) mass is 419 g/mol. The lowest BCUT2D eigenvalue weighted by Crippen LogP contribution is -2.23. The van der Waals surface area contributed by atoms with Gasteiger partial charge in [-0.3, -0.25) is 0 Å². The summed E-state index contributed by atoms with van der Waals surface area (Å²) in [4.78, 5) is 9.35. The molecule has 0 aliphatic heterocycles. The van der Waals surface area contributed by atoms with E-state index in [0.29, 0.717) is 12.0 Å². The first-order valence-corrected chi connectivity index (χ1v) is 12.1. The number of aryl methyl sites for hydroxylation is 1. The molecule has 0 spiro atoms. The SMILES string of the molecule is CC.CCC.Cc1cc(Nc2nc(NC3CCCCC3)c3sccc3n2)sn1. The highest BCUT2D eigenvalue weighted by molar-refractivity contribution is 7.17. The second-order valence-corrected chi connectivity index (χ2v) is 8.40. The molecule has 0 saturated heterocycles. The van der Waals surface area contributed by atoms with Gasteiger partial charge in [-0.1, -0.05) is 53.4 Å². The molecule has 154 valence electrons. The van der Waals surface area contributed by atoms with Crippen molar-refractivity contribution in [1.29, 1.82) is 0 Å². The lowest BCUT2D eigenvalue weighted by Gasteiger charge is -2.23. The third-order valence-electron chi connectivity index (χ3n) is 4.11. The van der Waals surface area contributed by atoms with Crippen LogP contribution in [0.15, 0.2) is 17.5 Å². The number of anilines is 3. The number of nitrogens with zero attached hydrogens (tertiary/aromatic N) is 3. The van der Waals surface area contributed by atoms with Crippen molar-refractivity contribution in [3.05, 3.63) is 23.2 Å². The molecule has 3 aromatic heterocycles. The Bertz CT molecular complexity index is 821. The van der Waals surface area contributed by atoms with Gasteiger partial charge in [-0.05, 0) is 48.8 Å². The molecular formula is C21H33N5S2. The fourth-order valence-corrected chi connectivity index (χ4v) is 4.43. The zero-order chi connectivity index (χ0) is 20.4. The van der Waals surface area contributed by atoms with Crippen molar-refractivity contribution in [2.45, 2.75) is 79.2 Å². The Hall–Kier alpha value is -1.73. The second-order valence-electron chi connectivity index (χ2n) is 6.67. The van der Waals surface area contributed by atoms with Crippen LogP contribution in [0.25, 0.3) is 10.2 Å². The van der Waals surface area contributed by atoms with Gasteiger partial charge in [0.2, 0.25) is 5.95 Å². The van der Waals surface area contributed by atoms with Crippen molar-refractivity contribution in [3.63, 3.8) is 0 Å². The van der Waals surface area contributed by atoms with Gasteiger partial charge in [0.15, 0.2) is 0 Å². The Balaban J connectivity index is 0.000000514. The lowest BCUT2D eigenvalue weighted by molar-refractivity contribution is 0.462. The van der Waals surface area contributed by atoms with Crippen molar-refractivity contribution in [3.8, 4) is 0 Å². The molecule has 1 fully saturated rings. The number of aromatic nitrogens is 3. The third kappa shape index (κ3) is 6.41. The van der Waals surface area contributed by atoms with Crippen LogP contribution in [0.1, 0.15) is 71.9 Å². The van der Waals surface area contributed by atoms with E-state index >= 15 is 0 Å². The van der Waals surface area contributed by atoms with Gasteiger partial charge in [0.25, 0.3) is 0 Å². The van der Waals surface area contributed by atoms with E-state index in [1.54, 1.807) is 11.3 Å². The summed E-state index contributed by atoms with van der Waals surface area (Å²) in [5, 5.41) is 9.98. The van der Waals surface area contributed by atoms with Crippen molar-refractivity contribution in [2.75, 3.05) is 10.6 Å². The maximum absolute atomic E-state index is 4.73. The molecule has 0 radical (unpaired) electrons. The fourth-order valence-electron chi connectivity index (χ4n) is 2.99. The summed E-state index contributed by atoms with van der Waals surface area (Å²) in [5.74, 6) is 1.60. The standard InChI is InChI=1S/C16H19N5S2.C3H8.C2H6/c1-10-9-13(23-21-10)19-16-18-12-7-8-22-14(12)15(20-16)17-11-5-3-2-4-6-11;1-3-2;1-2/h7-9,11H,2-6H2,1H3,(H2,17,18,19,20);3H2,1-2H3;1-2H3. The molecule has 1 saturated carbocycles. The molecule has 2 N–H and O–H groups in total. The first kappa shape index (κ1) is 22.6. The van der Waals surface area contributed by atoms with Crippen LogP contribution in [0.3, 0.4) is 0 Å². The van der Waals surface area contributed by atoms with Crippen molar-refractivity contribution in [2.24, 2.45) is 0 Å². The summed E-state index contributed by atoms with van der Waals surface area (Å²) in [6, 6.07) is 4.60. The molecule has 0 aromatic carbocycles. The summed E-state index contributed by atoms with van der Waals surface area (Å²) in [7, 11) is 0. The van der Waals surface area contributed by atoms with Crippen LogP contribution in [-0.4, -0.2) is 20.4 Å². The second kappa shape index (κ2) is 12.0. The number of thiophene rings is 1. The highest BCUT2D eigenvalue weighted by Crippen LogP contribution is 2.31. The Morgan fingerprint density at radius 2 is 1.82 bits per heavy atom. The predicted molar refractivity (Wildman–Crippen MR) is 125 cm³/mol. The maximum atomic E-state index is 4.73. The van der Waals surface area contributed by atoms with E-state index in [1.807, 2.05) is 26.8 Å². The minimum atomic E-state index is 0.530. The summed E-state index contributed by atoms with van der Waals surface area (Å²) < 4.78 is 5.43. The lowest BCUT2D eigenvalue weighted by atomic mass is 9.95. The van der Waals surface area contributed by atoms with E-state index in [0.717, 1.165) is 26.7 Å². The van der Waals surface area contributed by atoms with E-state index in [-0.39, 0.29) is 0 Å². The smallest absolute Gasteiger partial charge is 0.230 e. The highest BCUT2D eigenvalue weighted by atomic mass is 32.1. The molecular weight excluding hydrogens is 386 g/mol. The van der Waals surface area contributed by atoms with Crippen LogP contribution in [0, 0.1) is 6.92 Å². The number of nitrogens with one attached hydrogen (secondary N) is 2. The van der Waals surface area contributed by atoms with E-state index in [1.165, 1.54) is 50.1 Å². The molecule has 1 aliphatic rings. The van der Waals surface area contributed by atoms with E-state index in [9.17, 15) is 0 Å². The number of fused-ring (bicyclic) bond motifs is 1. The molecule has 28 heavy (non-hydrogen) atoms. The van der Waals surface area contributed by atoms with Crippen LogP contribution in [0.4, 0.5) is 16.8 Å². The van der Waals surface area contributed by atoms with Gasteiger partial charge in [-0.2, -0.15) is 9.36 Å². The van der Waals surface area contributed by atoms with Crippen LogP contribution >= 0.6 is 22.9 Å². The van der Waals surface area contributed by atoms with Crippen molar-refractivity contribution < 1.29 is 0 Å². The minimum absolute atomic E-state index is 0.530. The largest absolute Gasteiger partial charge is 0.366 e. The number of hydrogen-bond acceptors (Lipinski definition) is 7. The van der Waals surface area contributed by atoms with Crippen molar-refractivity contribution >= 4 is 49.9 Å². The molecule has 5 nitrogen and oxygen atoms in total. The molecule has 0 atom stereocenters. The predicted octanol–water partition coefficient (Wildman–Crippen LogP) is 7.39. The van der Waals surface area contributed by atoms with Crippen LogP contribution in [-0.2, 0) is 0 Å². The van der Waals surface area contributed by atoms with E-state index in [2.05, 4.69) is 45.3 Å². The Kier molecular flexibility index (Phi) is 9.64. The van der Waals surface area contributed by atoms with E-state index < -0.39 is 0 Å². The molecule has 3 heterocycles. The third-order valence-corrected chi connectivity index (χ3v) is 5.82. The van der Waals surface area contributed by atoms with Gasteiger partial charge < -0.3 is 10.6 Å². The average Bonchev–Trinajstić information content (AvgIpc) is 3.34. The van der Waals surface area contributed by atoms with Crippen LogP contribution in [0.2, 0.25) is 0 Å². The van der Waals surface area contributed by atoms with Gasteiger partial charge in [0.1, 0.15) is 10.8 Å². The molecule has 3 aromatic rings. The molecule has 0 unspecified atom stereocenters. The molecule has 0 amide bonds. The Labute approximate surface area is 177 Å². The summed E-state index contributed by atoms with van der Waals surface area (Å²) in [6.07, 6.45) is 7.68. The van der Waals surface area contributed by atoms with Gasteiger partial charge in [-0.25, -0.2) is 4.98 Å². The van der Waals surface area contributed by atoms with Crippen LogP contribution < -0.4 is 10.6 Å². The van der Waals surface area contributed by atoms with Crippen molar-refractivity contribution in [1.82, 2.24) is 14.3 Å². The zero-order valence-electron chi connectivity index (χ0n) is 17.7. The normalized spacial score (nSPS) is 13.9. The van der Waals surface area contributed by atoms with Gasteiger partial charge >= 0.3 is 0 Å². The molecule has 1 aliphatic carbocycles. The summed E-state index contributed by atoms with van der Waals surface area (Å²) in [6.45, 7) is 10.2. The van der Waals surface area contributed by atoms with Gasteiger partial charge in [-0.15, -0.1) is 11.3 Å². The summed E-state index contributed by atoms with van der Waals surface area (Å²) >= 11 is 3.13. The molecule has 0 bridgehead atoms. The zero-order valence-corrected chi connectivity index (χ0v) is 19.3. The number of hydrogen-bond donors (Lipinski definition) is 2. The topological polar surface area (TPSA) is 62.7 Å². The van der Waals surface area contributed by atoms with Gasteiger partial charge in [0.05, 0.1) is 15.9 Å². The maximum Gasteiger partial charge on any atom is 0.230 e. The van der Waals surface area contributed by atoms with E-state index in [4.69, 9.17) is 4.98 Å². The quantitative estimate of drug-likeness (QED) is 0.461. The minimum Gasteiger partial charge on any atom is -0.366 e. The highest BCUT2D eigenvalue weighted by Gasteiger charge is 2.17. The van der Waals surface area contributed by atoms with Crippen LogP contribution in [0.5, 0.6) is 0 Å². The molecule has 7 heteroatoms. The first-order chi connectivity index (χ1) is 13.7. The Morgan fingerprint density at radius 1 is 1.11 bits per heavy atom. The molecule has 4 rings (SSSR count). The number of rotatable bonds is 4. The van der Waals surface area contributed by atoms with Gasteiger partial charge in [0, 0.05) is 6.04 Å². The first-order valence-electron chi connectivity index (χ1n) is 10.4. The summed E-state index contributed by atoms with van der Waals surface area (Å²) in [5.41, 5.74) is 2.00. The average molecular weight is 420 g/mol. The fraction of sp³-hybridized carbons (Fsp3) is 0.571. The Morgan fingerprint density at radius 3 is 2.46 bits per heavy atom.